The van der Waals surface area contributed by atoms with Crippen molar-refractivity contribution >= 4 is 11.9 Å². The molecule has 2 aliphatic rings. The largest absolute Gasteiger partial charge is 0.460 e. The third-order valence-corrected chi connectivity index (χ3v) is 13.4. The smallest absolute Gasteiger partial charge is 0.348 e. The van der Waals surface area contributed by atoms with Gasteiger partial charge in [-0.3, -0.25) is 4.79 Å². The van der Waals surface area contributed by atoms with Crippen molar-refractivity contribution in [3.63, 3.8) is 0 Å². The van der Waals surface area contributed by atoms with Crippen molar-refractivity contribution in [3.8, 4) is 0 Å². The molecule has 4 rings (SSSR count). The first-order valence-corrected chi connectivity index (χ1v) is 25.3. The molecule has 1 aliphatic carbocycles. The Labute approximate surface area is 372 Å². The van der Waals surface area contributed by atoms with E-state index in [1.54, 1.807) is 0 Å². The number of hydrogen-bond donors (Lipinski definition) is 0. The quantitative estimate of drug-likeness (QED) is 0.0240. The van der Waals surface area contributed by atoms with E-state index in [1.807, 2.05) is 60.7 Å². The highest BCUT2D eigenvalue weighted by Crippen LogP contribution is 2.41. The molecule has 2 aromatic rings. The lowest BCUT2D eigenvalue weighted by molar-refractivity contribution is -0.225. The molecule has 6 heteroatoms. The number of allylic oxidation sites excluding steroid dienone is 1. The highest BCUT2D eigenvalue weighted by atomic mass is 16.7. The minimum atomic E-state index is -1.64. The van der Waals surface area contributed by atoms with Crippen LogP contribution < -0.4 is 0 Å². The molecule has 1 saturated carbocycles. The van der Waals surface area contributed by atoms with E-state index in [0.29, 0.717) is 49.0 Å². The van der Waals surface area contributed by atoms with Gasteiger partial charge in [0.1, 0.15) is 6.10 Å². The van der Waals surface area contributed by atoms with Gasteiger partial charge in [-0.1, -0.05) is 222 Å². The van der Waals surface area contributed by atoms with Crippen LogP contribution in [0.4, 0.5) is 0 Å². The number of esters is 2. The summed E-state index contributed by atoms with van der Waals surface area (Å²) in [6.07, 6.45) is 31.4. The summed E-state index contributed by atoms with van der Waals surface area (Å²) in [4.78, 5) is 28.9. The van der Waals surface area contributed by atoms with Gasteiger partial charge in [0.05, 0.1) is 12.5 Å². The molecule has 2 aromatic carbocycles. The van der Waals surface area contributed by atoms with Crippen LogP contribution in [-0.4, -0.2) is 37.5 Å². The monoisotopic (exact) mass is 843 g/mol. The van der Waals surface area contributed by atoms with Gasteiger partial charge in [-0.05, 0) is 67.9 Å². The molecule has 61 heavy (non-hydrogen) atoms. The molecule has 0 spiro atoms. The molecular formula is C55H86O6. The Balaban J connectivity index is 1.42. The second-order valence-electron chi connectivity index (χ2n) is 18.8. The van der Waals surface area contributed by atoms with Crippen LogP contribution >= 0.6 is 0 Å². The van der Waals surface area contributed by atoms with Crippen molar-refractivity contribution in [3.05, 3.63) is 83.9 Å². The number of carbonyl (C=O) groups is 2. The summed E-state index contributed by atoms with van der Waals surface area (Å²) in [5.74, 6) is -0.382. The highest BCUT2D eigenvalue weighted by Gasteiger charge is 2.49. The Morgan fingerprint density at radius 1 is 0.656 bits per heavy atom. The number of rotatable bonds is 32. The lowest BCUT2D eigenvalue weighted by Gasteiger charge is -2.37. The van der Waals surface area contributed by atoms with E-state index in [0.717, 1.165) is 57.8 Å². The van der Waals surface area contributed by atoms with Crippen LogP contribution in [0, 0.1) is 17.8 Å². The third kappa shape index (κ3) is 18.3. The predicted molar refractivity (Wildman–Crippen MR) is 251 cm³/mol. The van der Waals surface area contributed by atoms with Crippen LogP contribution in [-0.2, 0) is 34.1 Å². The van der Waals surface area contributed by atoms with E-state index < -0.39 is 17.9 Å². The van der Waals surface area contributed by atoms with Gasteiger partial charge in [-0.25, -0.2) is 4.79 Å². The van der Waals surface area contributed by atoms with Crippen LogP contribution in [0.5, 0.6) is 0 Å². The molecule has 5 atom stereocenters. The van der Waals surface area contributed by atoms with Crippen LogP contribution in [0.15, 0.2) is 72.8 Å². The average molecular weight is 843 g/mol. The summed E-state index contributed by atoms with van der Waals surface area (Å²) in [7, 11) is 0. The predicted octanol–water partition coefficient (Wildman–Crippen LogP) is 15.2. The second kappa shape index (κ2) is 30.2. The maximum Gasteiger partial charge on any atom is 0.348 e. The molecule has 0 bridgehead atoms. The number of carbonyl (C=O) groups excluding carboxylic acids is 2. The van der Waals surface area contributed by atoms with Gasteiger partial charge >= 0.3 is 11.9 Å². The van der Waals surface area contributed by atoms with E-state index in [-0.39, 0.29) is 18.0 Å². The highest BCUT2D eigenvalue weighted by molar-refractivity contribution is 5.86. The topological polar surface area (TPSA) is 71.1 Å². The minimum absolute atomic E-state index is 0.278. The first kappa shape index (κ1) is 50.7. The SMILES string of the molecule is C=C(CCCCCC)C1CCC(C)CC(OC(=O)C(OC(CCCCCCCCCCCCCCCCCCC)OC(=O)C2CCOC2)(c2ccccc2)c2ccccc2)C1. The van der Waals surface area contributed by atoms with E-state index in [9.17, 15) is 4.79 Å². The lowest BCUT2D eigenvalue weighted by atomic mass is 9.85. The Morgan fingerprint density at radius 2 is 1.16 bits per heavy atom. The van der Waals surface area contributed by atoms with Gasteiger partial charge in [-0.2, -0.15) is 0 Å². The maximum absolute atomic E-state index is 15.3. The fourth-order valence-electron chi connectivity index (χ4n) is 9.52. The number of ether oxygens (including phenoxy) is 4. The number of unbranched alkanes of at least 4 members (excludes halogenated alkanes) is 19. The molecule has 342 valence electrons. The summed E-state index contributed by atoms with van der Waals surface area (Å²) < 4.78 is 25.7. The first-order valence-electron chi connectivity index (χ1n) is 25.3. The normalized spacial score (nSPS) is 19.9. The second-order valence-corrected chi connectivity index (χ2v) is 18.8. The number of hydrogen-bond acceptors (Lipinski definition) is 6. The third-order valence-electron chi connectivity index (χ3n) is 13.4. The molecule has 0 N–H and O–H groups in total. The van der Waals surface area contributed by atoms with Crippen LogP contribution in [0.1, 0.15) is 212 Å². The van der Waals surface area contributed by atoms with E-state index in [2.05, 4.69) is 27.4 Å². The van der Waals surface area contributed by atoms with Crippen molar-refractivity contribution < 1.29 is 28.5 Å². The molecular weight excluding hydrogens is 757 g/mol. The van der Waals surface area contributed by atoms with Crippen molar-refractivity contribution in [2.45, 2.75) is 219 Å². The average Bonchev–Trinajstić information content (AvgIpc) is 3.76. The van der Waals surface area contributed by atoms with Gasteiger partial charge in [0, 0.05) is 13.0 Å². The number of benzene rings is 2. The first-order chi connectivity index (χ1) is 29.9. The van der Waals surface area contributed by atoms with Crippen molar-refractivity contribution in [2.24, 2.45) is 17.8 Å². The molecule has 1 heterocycles. The van der Waals surface area contributed by atoms with Gasteiger partial charge in [0.2, 0.25) is 11.9 Å². The van der Waals surface area contributed by atoms with Crippen LogP contribution in [0.25, 0.3) is 0 Å². The van der Waals surface area contributed by atoms with Crippen LogP contribution in [0.3, 0.4) is 0 Å². The van der Waals surface area contributed by atoms with Crippen molar-refractivity contribution in [1.82, 2.24) is 0 Å². The molecule has 1 saturated heterocycles. The van der Waals surface area contributed by atoms with Gasteiger partial charge in [0.25, 0.3) is 0 Å². The van der Waals surface area contributed by atoms with Crippen LogP contribution in [0.2, 0.25) is 0 Å². The standard InChI is InChI=1S/C55H86O6/c1-5-7-9-11-12-13-14-15-16-17-18-19-20-21-22-23-31-37-52(60-53(56)48-40-41-58-44-48)61-55(49-33-27-24-28-34-49,50-35-29-25-30-36-50)54(57)59-51-42-45(3)38-39-47(43-51)46(4)32-26-10-8-6-2/h24-25,27-30,33-36,45,47-48,51-52H,4-23,26,31-32,37-44H2,1-3H3. The Kier molecular flexibility index (Phi) is 25.1. The van der Waals surface area contributed by atoms with E-state index >= 15 is 4.79 Å². The zero-order valence-corrected chi connectivity index (χ0v) is 39.0. The zero-order chi connectivity index (χ0) is 43.4. The molecule has 5 unspecified atom stereocenters. The summed E-state index contributed by atoms with van der Waals surface area (Å²) in [5.41, 5.74) is 0.975. The van der Waals surface area contributed by atoms with Gasteiger partial charge in [0.15, 0.2) is 0 Å². The Hall–Kier alpha value is -2.96. The Morgan fingerprint density at radius 3 is 1.67 bits per heavy atom. The molecule has 2 fully saturated rings. The molecule has 0 aromatic heterocycles. The van der Waals surface area contributed by atoms with E-state index in [4.69, 9.17) is 18.9 Å². The summed E-state index contributed by atoms with van der Waals surface area (Å²) in [5, 5.41) is 0. The maximum atomic E-state index is 15.3. The molecule has 0 radical (unpaired) electrons. The Bertz CT molecular complexity index is 1410. The summed E-state index contributed by atoms with van der Waals surface area (Å²) in [6, 6.07) is 19.4. The van der Waals surface area contributed by atoms with E-state index in [1.165, 1.54) is 115 Å². The summed E-state index contributed by atoms with van der Waals surface area (Å²) in [6.45, 7) is 12.2. The zero-order valence-electron chi connectivity index (χ0n) is 39.0. The minimum Gasteiger partial charge on any atom is -0.460 e. The molecule has 1 aliphatic heterocycles. The van der Waals surface area contributed by atoms with Gasteiger partial charge in [-0.15, -0.1) is 0 Å². The van der Waals surface area contributed by atoms with Crippen molar-refractivity contribution in [2.75, 3.05) is 13.2 Å². The van der Waals surface area contributed by atoms with Gasteiger partial charge < -0.3 is 18.9 Å². The summed E-state index contributed by atoms with van der Waals surface area (Å²) >= 11 is 0. The molecule has 0 amide bonds. The lowest BCUT2D eigenvalue weighted by Crippen LogP contribution is -2.47. The molecule has 6 nitrogen and oxygen atoms in total. The fourth-order valence-corrected chi connectivity index (χ4v) is 9.52. The van der Waals surface area contributed by atoms with Crippen molar-refractivity contribution in [1.29, 1.82) is 0 Å². The fraction of sp³-hybridized carbons (Fsp3) is 0.709.